The average molecular weight is 381 g/mol. The third-order valence-corrected chi connectivity index (χ3v) is 6.61. The van der Waals surface area contributed by atoms with Crippen LogP contribution in [0.5, 0.6) is 11.5 Å². The van der Waals surface area contributed by atoms with Crippen LogP contribution in [0.25, 0.3) is 0 Å². The third kappa shape index (κ3) is 4.75. The van der Waals surface area contributed by atoms with E-state index in [1.54, 1.807) is 0 Å². The lowest BCUT2D eigenvalue weighted by Gasteiger charge is -2.21. The molecule has 2 saturated carbocycles. The van der Waals surface area contributed by atoms with E-state index in [0.29, 0.717) is 25.0 Å². The van der Waals surface area contributed by atoms with Crippen molar-refractivity contribution in [3.05, 3.63) is 23.8 Å². The molecule has 0 amide bonds. The Balaban J connectivity index is 1.53. The van der Waals surface area contributed by atoms with E-state index in [2.05, 4.69) is 6.92 Å². The van der Waals surface area contributed by atoms with Crippen molar-refractivity contribution >= 4 is 0 Å². The molecule has 0 bridgehead atoms. The zero-order valence-corrected chi connectivity index (χ0v) is 16.8. The molecule has 0 heterocycles. The summed E-state index contributed by atoms with van der Waals surface area (Å²) < 4.78 is 39.4. The molecule has 1 aromatic rings. The molecule has 1 aromatic carbocycles. The lowest BCUT2D eigenvalue weighted by atomic mass is 9.86. The number of hydrogen-bond acceptors (Lipinski definition) is 2. The highest BCUT2D eigenvalue weighted by Gasteiger charge is 2.44. The van der Waals surface area contributed by atoms with Gasteiger partial charge in [0, 0.05) is 0 Å². The summed E-state index contributed by atoms with van der Waals surface area (Å²) in [4.78, 5) is 0. The van der Waals surface area contributed by atoms with E-state index in [1.165, 1.54) is 57.1 Å². The molecule has 0 saturated heterocycles. The highest BCUT2D eigenvalue weighted by atomic mass is 19.2. The molecule has 0 spiro atoms. The van der Waals surface area contributed by atoms with Gasteiger partial charge in [-0.2, -0.15) is 8.78 Å². The van der Waals surface area contributed by atoms with Crippen LogP contribution in [-0.2, 0) is 0 Å². The number of unbranched alkanes of at least 4 members (excludes halogenated alkanes) is 2. The molecule has 4 atom stereocenters. The fourth-order valence-corrected chi connectivity index (χ4v) is 5.21. The molecule has 27 heavy (non-hydrogen) atoms. The first-order chi connectivity index (χ1) is 13.2. The second-order valence-corrected chi connectivity index (χ2v) is 8.35. The van der Waals surface area contributed by atoms with Gasteiger partial charge in [-0.25, -0.2) is 0 Å². The van der Waals surface area contributed by atoms with Crippen molar-refractivity contribution < 1.29 is 18.3 Å². The number of benzene rings is 1. The van der Waals surface area contributed by atoms with Crippen molar-refractivity contribution in [3.63, 3.8) is 0 Å². The number of hydrogen-bond donors (Lipinski definition) is 0. The van der Waals surface area contributed by atoms with Crippen LogP contribution in [0.1, 0.15) is 71.6 Å². The Morgan fingerprint density at radius 1 is 0.815 bits per heavy atom. The van der Waals surface area contributed by atoms with E-state index in [1.807, 2.05) is 6.92 Å². The first-order valence-corrected chi connectivity index (χ1v) is 10.9. The van der Waals surface area contributed by atoms with E-state index in [4.69, 9.17) is 9.47 Å². The molecule has 0 N–H and O–H groups in total. The summed E-state index contributed by atoms with van der Waals surface area (Å²) in [6.45, 7) is 5.05. The van der Waals surface area contributed by atoms with E-state index in [-0.39, 0.29) is 11.5 Å². The Bertz CT molecular complexity index is 604. The first kappa shape index (κ1) is 20.4. The Morgan fingerprint density at radius 2 is 1.44 bits per heavy atom. The second-order valence-electron chi connectivity index (χ2n) is 8.35. The SMILES string of the molecule is CCCCCC1CCC2C(COc3ccc(OCCC)c(F)c3F)CCC12. The van der Waals surface area contributed by atoms with Crippen molar-refractivity contribution in [2.45, 2.75) is 71.6 Å². The highest BCUT2D eigenvalue weighted by Crippen LogP contribution is 2.52. The minimum absolute atomic E-state index is 0.0114. The largest absolute Gasteiger partial charge is 0.490 e. The van der Waals surface area contributed by atoms with Gasteiger partial charge in [0.1, 0.15) is 0 Å². The summed E-state index contributed by atoms with van der Waals surface area (Å²) in [5.74, 6) is 0.980. The first-order valence-electron chi connectivity index (χ1n) is 10.9. The second kappa shape index (κ2) is 9.75. The molecule has 2 fully saturated rings. The summed E-state index contributed by atoms with van der Waals surface area (Å²) in [6.07, 6.45) is 11.1. The van der Waals surface area contributed by atoms with Crippen LogP contribution < -0.4 is 9.47 Å². The zero-order valence-electron chi connectivity index (χ0n) is 16.8. The number of halogens is 2. The van der Waals surface area contributed by atoms with Crippen LogP contribution >= 0.6 is 0 Å². The van der Waals surface area contributed by atoms with Gasteiger partial charge in [-0.1, -0.05) is 39.5 Å². The number of ether oxygens (including phenoxy) is 2. The lowest BCUT2D eigenvalue weighted by Crippen LogP contribution is -2.19. The standard InChI is InChI=1S/C23H34F2O2/c1-3-5-6-7-16-8-10-19-17(9-11-18(16)19)15-27-21-13-12-20(26-14-4-2)22(24)23(21)25/h12-13,16-19H,3-11,14-15H2,1-2H3. The minimum atomic E-state index is -0.942. The van der Waals surface area contributed by atoms with E-state index in [0.717, 1.165) is 24.7 Å². The predicted molar refractivity (Wildman–Crippen MR) is 104 cm³/mol. The number of fused-ring (bicyclic) bond motifs is 1. The maximum atomic E-state index is 14.3. The van der Waals surface area contributed by atoms with Gasteiger partial charge in [-0.15, -0.1) is 0 Å². The van der Waals surface area contributed by atoms with Crippen molar-refractivity contribution in [1.82, 2.24) is 0 Å². The molecular weight excluding hydrogens is 346 g/mol. The molecule has 0 radical (unpaired) electrons. The van der Waals surface area contributed by atoms with Crippen LogP contribution in [0.15, 0.2) is 12.1 Å². The van der Waals surface area contributed by atoms with Gasteiger partial charge in [-0.3, -0.25) is 0 Å². The van der Waals surface area contributed by atoms with E-state index in [9.17, 15) is 8.78 Å². The molecule has 2 nitrogen and oxygen atoms in total. The summed E-state index contributed by atoms with van der Waals surface area (Å²) in [5.41, 5.74) is 0. The monoisotopic (exact) mass is 380 g/mol. The molecule has 4 unspecified atom stereocenters. The zero-order chi connectivity index (χ0) is 19.2. The minimum Gasteiger partial charge on any atom is -0.490 e. The van der Waals surface area contributed by atoms with Gasteiger partial charge in [0.15, 0.2) is 11.5 Å². The van der Waals surface area contributed by atoms with Gasteiger partial charge < -0.3 is 9.47 Å². The molecule has 0 aromatic heterocycles. The third-order valence-electron chi connectivity index (χ3n) is 6.61. The van der Waals surface area contributed by atoms with Crippen molar-refractivity contribution in [3.8, 4) is 11.5 Å². The van der Waals surface area contributed by atoms with E-state index >= 15 is 0 Å². The molecule has 152 valence electrons. The normalized spacial score (nSPS) is 27.0. The summed E-state index contributed by atoms with van der Waals surface area (Å²) in [7, 11) is 0. The van der Waals surface area contributed by atoms with Crippen LogP contribution in [0.2, 0.25) is 0 Å². The van der Waals surface area contributed by atoms with Gasteiger partial charge in [-0.05, 0) is 67.9 Å². The van der Waals surface area contributed by atoms with Crippen molar-refractivity contribution in [1.29, 1.82) is 0 Å². The fraction of sp³-hybridized carbons (Fsp3) is 0.739. The van der Waals surface area contributed by atoms with Gasteiger partial charge in [0.2, 0.25) is 11.6 Å². The highest BCUT2D eigenvalue weighted by molar-refractivity contribution is 5.35. The lowest BCUT2D eigenvalue weighted by molar-refractivity contribution is 0.193. The van der Waals surface area contributed by atoms with Gasteiger partial charge >= 0.3 is 0 Å². The van der Waals surface area contributed by atoms with Crippen LogP contribution in [0.3, 0.4) is 0 Å². The summed E-state index contributed by atoms with van der Waals surface area (Å²) >= 11 is 0. The maximum absolute atomic E-state index is 14.3. The van der Waals surface area contributed by atoms with Crippen LogP contribution in [-0.4, -0.2) is 13.2 Å². The van der Waals surface area contributed by atoms with Gasteiger partial charge in [0.05, 0.1) is 13.2 Å². The van der Waals surface area contributed by atoms with Gasteiger partial charge in [0.25, 0.3) is 0 Å². The van der Waals surface area contributed by atoms with Crippen molar-refractivity contribution in [2.24, 2.45) is 23.7 Å². The molecule has 4 heteroatoms. The Kier molecular flexibility index (Phi) is 7.37. The molecular formula is C23H34F2O2. The molecule has 0 aliphatic heterocycles. The van der Waals surface area contributed by atoms with Crippen LogP contribution in [0.4, 0.5) is 8.78 Å². The quantitative estimate of drug-likeness (QED) is 0.417. The van der Waals surface area contributed by atoms with Crippen LogP contribution in [0, 0.1) is 35.3 Å². The smallest absolute Gasteiger partial charge is 0.204 e. The Labute approximate surface area is 162 Å². The van der Waals surface area contributed by atoms with E-state index < -0.39 is 11.6 Å². The van der Waals surface area contributed by atoms with Crippen molar-refractivity contribution in [2.75, 3.05) is 13.2 Å². The fourth-order valence-electron chi connectivity index (χ4n) is 5.21. The summed E-state index contributed by atoms with van der Waals surface area (Å²) in [5, 5.41) is 0. The average Bonchev–Trinajstić information content (AvgIpc) is 3.25. The Hall–Kier alpha value is -1.32. The molecule has 3 rings (SSSR count). The molecule has 2 aliphatic carbocycles. The maximum Gasteiger partial charge on any atom is 0.204 e. The molecule has 2 aliphatic rings. The Morgan fingerprint density at radius 3 is 2.11 bits per heavy atom. The summed E-state index contributed by atoms with van der Waals surface area (Å²) in [6, 6.07) is 2.97. The number of rotatable bonds is 10. The predicted octanol–water partition coefficient (Wildman–Crippen LogP) is 6.77. The topological polar surface area (TPSA) is 18.5 Å².